The molecule has 0 aliphatic heterocycles. The molecule has 2 amide bonds. The van der Waals surface area contributed by atoms with Crippen molar-refractivity contribution in [3.05, 3.63) is 11.7 Å². The molecule has 1 atom stereocenters. The largest absolute Gasteiger partial charge is 0.388 e. The Hall–Kier alpha value is -1.63. The SMILES string of the molecule is CC(NC(=O)NCC1(O)CCCCC1)c1nc(C(C)(C)C)no1. The molecule has 0 saturated heterocycles. The fraction of sp³-hybridized carbons (Fsp3) is 0.812. The monoisotopic (exact) mass is 324 g/mol. The normalized spacial score (nSPS) is 19.2. The number of carbonyl (C=O) groups excluding carboxylic acids is 1. The molecule has 7 nitrogen and oxygen atoms in total. The van der Waals surface area contributed by atoms with Gasteiger partial charge in [-0.05, 0) is 19.8 Å². The lowest BCUT2D eigenvalue weighted by molar-refractivity contribution is 0.00712. The second-order valence-corrected chi connectivity index (χ2v) is 7.54. The average Bonchev–Trinajstić information content (AvgIpc) is 2.96. The summed E-state index contributed by atoms with van der Waals surface area (Å²) in [6.45, 7) is 8.05. The number of amides is 2. The Morgan fingerprint density at radius 2 is 2.00 bits per heavy atom. The van der Waals surface area contributed by atoms with E-state index in [1.54, 1.807) is 6.92 Å². The van der Waals surface area contributed by atoms with Gasteiger partial charge in [-0.3, -0.25) is 0 Å². The summed E-state index contributed by atoms with van der Waals surface area (Å²) >= 11 is 0. The minimum Gasteiger partial charge on any atom is -0.388 e. The second kappa shape index (κ2) is 6.86. The van der Waals surface area contributed by atoms with E-state index in [1.807, 2.05) is 20.8 Å². The predicted octanol–water partition coefficient (Wildman–Crippen LogP) is 2.42. The fourth-order valence-corrected chi connectivity index (χ4v) is 2.66. The molecule has 1 fully saturated rings. The van der Waals surface area contributed by atoms with Crippen LogP contribution in [0.4, 0.5) is 4.79 Å². The maximum Gasteiger partial charge on any atom is 0.315 e. The summed E-state index contributed by atoms with van der Waals surface area (Å²) in [6, 6.07) is -0.730. The van der Waals surface area contributed by atoms with Crippen LogP contribution in [0, 0.1) is 0 Å². The van der Waals surface area contributed by atoms with Crippen molar-refractivity contribution in [2.45, 2.75) is 76.9 Å². The molecule has 1 aromatic rings. The number of rotatable bonds is 4. The van der Waals surface area contributed by atoms with Gasteiger partial charge in [-0.15, -0.1) is 0 Å². The number of aliphatic hydroxyl groups is 1. The molecule has 0 aromatic carbocycles. The van der Waals surface area contributed by atoms with Crippen molar-refractivity contribution in [1.82, 2.24) is 20.8 Å². The first kappa shape index (κ1) is 17.7. The minimum atomic E-state index is -0.775. The second-order valence-electron chi connectivity index (χ2n) is 7.54. The Bertz CT molecular complexity index is 530. The highest BCUT2D eigenvalue weighted by atomic mass is 16.5. The van der Waals surface area contributed by atoms with E-state index in [-0.39, 0.29) is 24.0 Å². The third-order valence-electron chi connectivity index (χ3n) is 4.19. The van der Waals surface area contributed by atoms with E-state index in [0.717, 1.165) is 32.1 Å². The first-order chi connectivity index (χ1) is 10.7. The van der Waals surface area contributed by atoms with Crippen LogP contribution in [0.5, 0.6) is 0 Å². The first-order valence-corrected chi connectivity index (χ1v) is 8.30. The molecule has 1 heterocycles. The minimum absolute atomic E-state index is 0.200. The standard InChI is InChI=1S/C16H28N4O3/c1-11(12-19-13(20-23-12)15(2,3)4)18-14(21)17-10-16(22)8-6-5-7-9-16/h11,22H,5-10H2,1-4H3,(H2,17,18,21). The molecule has 0 bridgehead atoms. The summed E-state index contributed by atoms with van der Waals surface area (Å²) < 4.78 is 5.22. The number of urea groups is 1. The molecule has 1 aromatic heterocycles. The van der Waals surface area contributed by atoms with Gasteiger partial charge < -0.3 is 20.3 Å². The molecule has 1 saturated carbocycles. The third kappa shape index (κ3) is 4.92. The highest BCUT2D eigenvalue weighted by Gasteiger charge is 2.30. The summed E-state index contributed by atoms with van der Waals surface area (Å²) in [5, 5.41) is 19.8. The van der Waals surface area contributed by atoms with Crippen LogP contribution in [-0.2, 0) is 5.41 Å². The van der Waals surface area contributed by atoms with E-state index in [1.165, 1.54) is 0 Å². The molecule has 0 radical (unpaired) electrons. The van der Waals surface area contributed by atoms with Crippen molar-refractivity contribution < 1.29 is 14.4 Å². The molecule has 2 rings (SSSR count). The zero-order chi connectivity index (χ0) is 17.1. The molecule has 23 heavy (non-hydrogen) atoms. The van der Waals surface area contributed by atoms with Crippen LogP contribution in [-0.4, -0.2) is 33.4 Å². The lowest BCUT2D eigenvalue weighted by atomic mass is 9.85. The maximum atomic E-state index is 12.0. The van der Waals surface area contributed by atoms with Gasteiger partial charge in [0, 0.05) is 12.0 Å². The van der Waals surface area contributed by atoms with Crippen molar-refractivity contribution in [2.24, 2.45) is 0 Å². The van der Waals surface area contributed by atoms with Crippen LogP contribution >= 0.6 is 0 Å². The first-order valence-electron chi connectivity index (χ1n) is 8.30. The van der Waals surface area contributed by atoms with Gasteiger partial charge in [0.15, 0.2) is 5.82 Å². The Morgan fingerprint density at radius 3 is 2.57 bits per heavy atom. The molecular formula is C16H28N4O3. The van der Waals surface area contributed by atoms with Crippen LogP contribution < -0.4 is 10.6 Å². The van der Waals surface area contributed by atoms with Crippen molar-refractivity contribution >= 4 is 6.03 Å². The predicted molar refractivity (Wildman–Crippen MR) is 86.0 cm³/mol. The molecule has 0 spiro atoms. The average molecular weight is 324 g/mol. The quantitative estimate of drug-likeness (QED) is 0.789. The highest BCUT2D eigenvalue weighted by molar-refractivity contribution is 5.74. The van der Waals surface area contributed by atoms with Crippen LogP contribution in [0.15, 0.2) is 4.52 Å². The van der Waals surface area contributed by atoms with Gasteiger partial charge in [0.1, 0.15) is 6.04 Å². The topological polar surface area (TPSA) is 100 Å². The Kier molecular flexibility index (Phi) is 5.29. The van der Waals surface area contributed by atoms with Crippen molar-refractivity contribution in [1.29, 1.82) is 0 Å². The Balaban J connectivity index is 1.83. The van der Waals surface area contributed by atoms with Gasteiger partial charge in [-0.25, -0.2) is 4.79 Å². The molecular weight excluding hydrogens is 296 g/mol. The molecule has 1 aliphatic rings. The van der Waals surface area contributed by atoms with Gasteiger partial charge in [0.25, 0.3) is 0 Å². The van der Waals surface area contributed by atoms with Crippen LogP contribution in [0.2, 0.25) is 0 Å². The van der Waals surface area contributed by atoms with Crippen LogP contribution in [0.25, 0.3) is 0 Å². The Labute approximate surface area is 137 Å². The summed E-state index contributed by atoms with van der Waals surface area (Å²) in [4.78, 5) is 16.3. The zero-order valence-corrected chi connectivity index (χ0v) is 14.5. The molecule has 1 unspecified atom stereocenters. The number of hydrogen-bond donors (Lipinski definition) is 3. The summed E-state index contributed by atoms with van der Waals surface area (Å²) in [5.74, 6) is 0.986. The summed E-state index contributed by atoms with van der Waals surface area (Å²) in [7, 11) is 0. The van der Waals surface area contributed by atoms with Crippen molar-refractivity contribution in [2.75, 3.05) is 6.54 Å². The highest BCUT2D eigenvalue weighted by Crippen LogP contribution is 2.27. The van der Waals surface area contributed by atoms with Gasteiger partial charge >= 0.3 is 6.03 Å². The van der Waals surface area contributed by atoms with E-state index in [0.29, 0.717) is 11.7 Å². The number of nitrogens with zero attached hydrogens (tertiary/aromatic N) is 2. The molecule has 130 valence electrons. The van der Waals surface area contributed by atoms with Gasteiger partial charge in [-0.2, -0.15) is 4.98 Å². The zero-order valence-electron chi connectivity index (χ0n) is 14.5. The number of aromatic nitrogens is 2. The maximum absolute atomic E-state index is 12.0. The van der Waals surface area contributed by atoms with Gasteiger partial charge in [-0.1, -0.05) is 45.2 Å². The van der Waals surface area contributed by atoms with Crippen molar-refractivity contribution in [3.8, 4) is 0 Å². The smallest absolute Gasteiger partial charge is 0.315 e. The van der Waals surface area contributed by atoms with Gasteiger partial charge in [0.05, 0.1) is 5.60 Å². The molecule has 7 heteroatoms. The summed E-state index contributed by atoms with van der Waals surface area (Å²) in [6.07, 6.45) is 4.64. The van der Waals surface area contributed by atoms with E-state index < -0.39 is 5.60 Å². The lowest BCUT2D eigenvalue weighted by Crippen LogP contribution is -2.47. The molecule has 3 N–H and O–H groups in total. The molecule has 1 aliphatic carbocycles. The number of nitrogens with one attached hydrogen (secondary N) is 2. The van der Waals surface area contributed by atoms with E-state index in [2.05, 4.69) is 20.8 Å². The van der Waals surface area contributed by atoms with Crippen LogP contribution in [0.3, 0.4) is 0 Å². The van der Waals surface area contributed by atoms with Crippen molar-refractivity contribution in [3.63, 3.8) is 0 Å². The Morgan fingerprint density at radius 1 is 1.35 bits per heavy atom. The fourth-order valence-electron chi connectivity index (χ4n) is 2.66. The van der Waals surface area contributed by atoms with Crippen LogP contribution in [0.1, 0.15) is 77.6 Å². The third-order valence-corrected chi connectivity index (χ3v) is 4.19. The summed E-state index contributed by atoms with van der Waals surface area (Å²) in [5.41, 5.74) is -0.975. The van der Waals surface area contributed by atoms with Gasteiger partial charge in [0.2, 0.25) is 5.89 Å². The van der Waals surface area contributed by atoms with E-state index >= 15 is 0 Å². The number of hydrogen-bond acceptors (Lipinski definition) is 5. The van der Waals surface area contributed by atoms with E-state index in [4.69, 9.17) is 4.52 Å². The number of carbonyl (C=O) groups is 1. The lowest BCUT2D eigenvalue weighted by Gasteiger charge is -2.32. The van der Waals surface area contributed by atoms with E-state index in [9.17, 15) is 9.90 Å².